The molecule has 0 saturated heterocycles. The van der Waals surface area contributed by atoms with Crippen molar-refractivity contribution in [2.24, 2.45) is 0 Å². The van der Waals surface area contributed by atoms with Crippen LogP contribution in [-0.2, 0) is 11.2 Å². The Morgan fingerprint density at radius 3 is 3.00 bits per heavy atom. The van der Waals surface area contributed by atoms with Crippen LogP contribution in [0.25, 0.3) is 0 Å². The van der Waals surface area contributed by atoms with E-state index in [0.717, 1.165) is 11.3 Å². The molecule has 0 bridgehead atoms. The molecule has 0 aliphatic carbocycles. The second-order valence-corrected chi connectivity index (χ2v) is 3.02. The fourth-order valence-electron chi connectivity index (χ4n) is 1.46. The highest BCUT2D eigenvalue weighted by molar-refractivity contribution is 6.01. The maximum Gasteiger partial charge on any atom is 0.231 e. The molecule has 0 unspecified atom stereocenters. The van der Waals surface area contributed by atoms with Gasteiger partial charge in [-0.2, -0.15) is 0 Å². The molecule has 2 N–H and O–H groups in total. The van der Waals surface area contributed by atoms with Crippen LogP contribution in [0.1, 0.15) is 5.56 Å². The van der Waals surface area contributed by atoms with Crippen molar-refractivity contribution in [2.75, 3.05) is 17.7 Å². The number of nitrogens with two attached hydrogens (primary N) is 1. The molecule has 0 aromatic heterocycles. The van der Waals surface area contributed by atoms with Crippen LogP contribution in [-0.4, -0.2) is 13.0 Å². The van der Waals surface area contributed by atoms with Crippen molar-refractivity contribution in [3.63, 3.8) is 0 Å². The van der Waals surface area contributed by atoms with E-state index in [9.17, 15) is 4.79 Å². The molecule has 1 aromatic carbocycles. The minimum Gasteiger partial charge on any atom is -0.399 e. The monoisotopic (exact) mass is 162 g/mol. The zero-order chi connectivity index (χ0) is 8.72. The highest BCUT2D eigenvalue weighted by Crippen LogP contribution is 2.28. The number of amides is 1. The van der Waals surface area contributed by atoms with Crippen LogP contribution in [0.2, 0.25) is 0 Å². The van der Waals surface area contributed by atoms with Gasteiger partial charge in [0.05, 0.1) is 6.42 Å². The number of hydrogen-bond acceptors (Lipinski definition) is 2. The van der Waals surface area contributed by atoms with Crippen molar-refractivity contribution in [3.8, 4) is 0 Å². The number of anilines is 2. The summed E-state index contributed by atoms with van der Waals surface area (Å²) < 4.78 is 0. The minimum atomic E-state index is 0.135. The van der Waals surface area contributed by atoms with Crippen LogP contribution >= 0.6 is 0 Å². The van der Waals surface area contributed by atoms with Gasteiger partial charge in [-0.15, -0.1) is 0 Å². The van der Waals surface area contributed by atoms with E-state index in [-0.39, 0.29) is 5.91 Å². The van der Waals surface area contributed by atoms with Gasteiger partial charge in [0.25, 0.3) is 0 Å². The van der Waals surface area contributed by atoms with Gasteiger partial charge < -0.3 is 10.6 Å². The van der Waals surface area contributed by atoms with Crippen LogP contribution < -0.4 is 10.6 Å². The molecule has 0 spiro atoms. The van der Waals surface area contributed by atoms with Crippen molar-refractivity contribution in [1.82, 2.24) is 0 Å². The summed E-state index contributed by atoms with van der Waals surface area (Å²) in [5.74, 6) is 0.135. The molecule has 62 valence electrons. The molecule has 1 aliphatic heterocycles. The molecule has 0 atom stereocenters. The van der Waals surface area contributed by atoms with E-state index in [0.29, 0.717) is 12.1 Å². The van der Waals surface area contributed by atoms with Gasteiger partial charge in [0.15, 0.2) is 0 Å². The second kappa shape index (κ2) is 2.24. The fourth-order valence-corrected chi connectivity index (χ4v) is 1.46. The third kappa shape index (κ3) is 0.863. The zero-order valence-electron chi connectivity index (χ0n) is 6.87. The Morgan fingerprint density at radius 1 is 1.50 bits per heavy atom. The third-order valence-electron chi connectivity index (χ3n) is 2.19. The summed E-state index contributed by atoms with van der Waals surface area (Å²) in [7, 11) is 1.77. The fraction of sp³-hybridized carbons (Fsp3) is 0.222. The van der Waals surface area contributed by atoms with E-state index in [2.05, 4.69) is 0 Å². The highest BCUT2D eigenvalue weighted by atomic mass is 16.2. The van der Waals surface area contributed by atoms with E-state index in [4.69, 9.17) is 5.73 Å². The predicted molar refractivity (Wildman–Crippen MR) is 48.0 cm³/mol. The predicted octanol–water partition coefficient (Wildman–Crippen LogP) is 0.788. The lowest BCUT2D eigenvalue weighted by molar-refractivity contribution is -0.117. The first-order valence-electron chi connectivity index (χ1n) is 3.83. The topological polar surface area (TPSA) is 46.3 Å². The van der Waals surface area contributed by atoms with E-state index < -0.39 is 0 Å². The lowest BCUT2D eigenvalue weighted by Crippen LogP contribution is -2.20. The summed E-state index contributed by atoms with van der Waals surface area (Å²) >= 11 is 0. The maximum absolute atomic E-state index is 11.2. The molecule has 2 rings (SSSR count). The summed E-state index contributed by atoms with van der Waals surface area (Å²) in [5, 5.41) is 0. The van der Waals surface area contributed by atoms with Crippen molar-refractivity contribution in [1.29, 1.82) is 0 Å². The van der Waals surface area contributed by atoms with Crippen LogP contribution in [0.3, 0.4) is 0 Å². The Hall–Kier alpha value is -1.51. The van der Waals surface area contributed by atoms with Crippen LogP contribution in [0.4, 0.5) is 11.4 Å². The molecule has 0 saturated carbocycles. The first kappa shape index (κ1) is 7.16. The molecule has 12 heavy (non-hydrogen) atoms. The SMILES string of the molecule is CN1C(=O)Cc2ccc(N)cc21. The Morgan fingerprint density at radius 2 is 2.25 bits per heavy atom. The van der Waals surface area contributed by atoms with Crippen molar-refractivity contribution in [2.45, 2.75) is 6.42 Å². The van der Waals surface area contributed by atoms with E-state index in [1.54, 1.807) is 11.9 Å². The van der Waals surface area contributed by atoms with Crippen molar-refractivity contribution >= 4 is 17.3 Å². The number of carbonyl (C=O) groups is 1. The second-order valence-electron chi connectivity index (χ2n) is 3.02. The normalized spacial score (nSPS) is 15.1. The maximum atomic E-state index is 11.2. The van der Waals surface area contributed by atoms with Gasteiger partial charge in [-0.25, -0.2) is 0 Å². The Labute approximate surface area is 70.8 Å². The number of rotatable bonds is 0. The van der Waals surface area contributed by atoms with Gasteiger partial charge in [0.2, 0.25) is 5.91 Å². The summed E-state index contributed by atoms with van der Waals surface area (Å²) in [6, 6.07) is 5.57. The number of fused-ring (bicyclic) bond motifs is 1. The van der Waals surface area contributed by atoms with Gasteiger partial charge in [-0.05, 0) is 17.7 Å². The summed E-state index contributed by atoms with van der Waals surface area (Å²) in [6.45, 7) is 0. The lowest BCUT2D eigenvalue weighted by atomic mass is 10.1. The molecular weight excluding hydrogens is 152 g/mol. The Kier molecular flexibility index (Phi) is 1.33. The molecule has 1 heterocycles. The zero-order valence-corrected chi connectivity index (χ0v) is 6.87. The van der Waals surface area contributed by atoms with Gasteiger partial charge in [-0.1, -0.05) is 6.07 Å². The standard InChI is InChI=1S/C9H10N2O/c1-11-8-5-7(10)3-2-6(8)4-9(11)12/h2-3,5H,4,10H2,1H3. The number of hydrogen-bond donors (Lipinski definition) is 1. The van der Waals surface area contributed by atoms with Crippen LogP contribution in [0.15, 0.2) is 18.2 Å². The quantitative estimate of drug-likeness (QED) is 0.573. The smallest absolute Gasteiger partial charge is 0.231 e. The first-order valence-corrected chi connectivity index (χ1v) is 3.83. The summed E-state index contributed by atoms with van der Waals surface area (Å²) in [4.78, 5) is 12.9. The highest BCUT2D eigenvalue weighted by Gasteiger charge is 2.23. The molecule has 3 nitrogen and oxygen atoms in total. The lowest BCUT2D eigenvalue weighted by Gasteiger charge is -2.09. The molecule has 1 amide bonds. The van der Waals surface area contributed by atoms with Crippen molar-refractivity contribution < 1.29 is 4.79 Å². The number of likely N-dealkylation sites (N-methyl/N-ethyl adjacent to an activating group) is 1. The third-order valence-corrected chi connectivity index (χ3v) is 2.19. The Bertz CT molecular complexity index is 346. The molecule has 1 aliphatic rings. The van der Waals surface area contributed by atoms with Gasteiger partial charge in [-0.3, -0.25) is 4.79 Å². The van der Waals surface area contributed by atoms with Crippen LogP contribution in [0.5, 0.6) is 0 Å². The molecule has 1 aromatic rings. The van der Waals surface area contributed by atoms with Gasteiger partial charge in [0.1, 0.15) is 0 Å². The molecule has 3 heteroatoms. The van der Waals surface area contributed by atoms with E-state index in [1.165, 1.54) is 0 Å². The van der Waals surface area contributed by atoms with Gasteiger partial charge in [0, 0.05) is 18.4 Å². The minimum absolute atomic E-state index is 0.135. The number of carbonyl (C=O) groups excluding carboxylic acids is 1. The van der Waals surface area contributed by atoms with E-state index in [1.807, 2.05) is 18.2 Å². The van der Waals surface area contributed by atoms with Crippen LogP contribution in [0, 0.1) is 0 Å². The number of nitrogen functional groups attached to an aromatic ring is 1. The molecule has 0 radical (unpaired) electrons. The number of nitrogens with zero attached hydrogens (tertiary/aromatic N) is 1. The summed E-state index contributed by atoms with van der Waals surface area (Å²) in [6.07, 6.45) is 0.506. The number of benzene rings is 1. The van der Waals surface area contributed by atoms with E-state index >= 15 is 0 Å². The average Bonchev–Trinajstić information content (AvgIpc) is 2.31. The molecule has 0 fully saturated rings. The Balaban J connectivity index is 2.55. The summed E-state index contributed by atoms with van der Waals surface area (Å²) in [5.41, 5.74) is 8.32. The molecular formula is C9H10N2O. The largest absolute Gasteiger partial charge is 0.399 e. The first-order chi connectivity index (χ1) is 5.68. The average molecular weight is 162 g/mol. The van der Waals surface area contributed by atoms with Crippen molar-refractivity contribution in [3.05, 3.63) is 23.8 Å². The van der Waals surface area contributed by atoms with Gasteiger partial charge >= 0.3 is 0 Å².